The summed E-state index contributed by atoms with van der Waals surface area (Å²) in [5, 5.41) is 7.65. The molecule has 2 atom stereocenters. The van der Waals surface area contributed by atoms with Crippen LogP contribution in [-0.4, -0.2) is 62.0 Å². The Bertz CT molecular complexity index is 1640. The summed E-state index contributed by atoms with van der Waals surface area (Å²) in [4.78, 5) is 32.0. The molecule has 5 heterocycles. The summed E-state index contributed by atoms with van der Waals surface area (Å²) in [7, 11) is 1.83. The van der Waals surface area contributed by atoms with Crippen LogP contribution in [0, 0.1) is 11.8 Å². The molecule has 0 unspecified atom stereocenters. The number of H-pyrrole nitrogens is 1. The number of fused-ring (bicyclic) bond motifs is 2. The minimum atomic E-state index is -0.636. The summed E-state index contributed by atoms with van der Waals surface area (Å²) < 4.78 is 13.5. The maximum atomic E-state index is 11.9. The predicted molar refractivity (Wildman–Crippen MR) is 162 cm³/mol. The van der Waals surface area contributed by atoms with Crippen molar-refractivity contribution in [1.82, 2.24) is 29.7 Å². The zero-order valence-electron chi connectivity index (χ0n) is 24.1. The monoisotopic (exact) mass is 592 g/mol. The van der Waals surface area contributed by atoms with E-state index >= 15 is 0 Å². The Hall–Kier alpha value is -3.44. The summed E-state index contributed by atoms with van der Waals surface area (Å²) in [5.41, 5.74) is 3.61. The van der Waals surface area contributed by atoms with E-state index in [2.05, 4.69) is 36.8 Å². The Morgan fingerprint density at radius 3 is 2.74 bits per heavy atom. The molecule has 4 aromatic heterocycles. The van der Waals surface area contributed by atoms with Gasteiger partial charge in [0.25, 0.3) is 0 Å². The highest BCUT2D eigenvalue weighted by Crippen LogP contribution is 2.40. The topological polar surface area (TPSA) is 127 Å². The van der Waals surface area contributed by atoms with Gasteiger partial charge in [-0.3, -0.25) is 9.51 Å². The molecule has 0 aromatic carbocycles. The quantitative estimate of drug-likeness (QED) is 0.298. The van der Waals surface area contributed by atoms with Crippen LogP contribution in [0.25, 0.3) is 33.8 Å². The van der Waals surface area contributed by atoms with Crippen LogP contribution >= 0.6 is 11.6 Å². The van der Waals surface area contributed by atoms with Gasteiger partial charge in [-0.05, 0) is 49.7 Å². The van der Waals surface area contributed by atoms with E-state index in [0.29, 0.717) is 34.8 Å². The van der Waals surface area contributed by atoms with Crippen LogP contribution in [0.15, 0.2) is 27.6 Å². The van der Waals surface area contributed by atoms with Gasteiger partial charge in [0.05, 0.1) is 34.8 Å². The van der Waals surface area contributed by atoms with Crippen LogP contribution in [0.3, 0.4) is 0 Å². The van der Waals surface area contributed by atoms with E-state index in [1.165, 1.54) is 38.5 Å². The number of hydrogen-bond donors (Lipinski definition) is 2. The van der Waals surface area contributed by atoms with Gasteiger partial charge in [-0.15, -0.1) is 0 Å². The van der Waals surface area contributed by atoms with Gasteiger partial charge >= 0.3 is 5.76 Å². The Balaban J connectivity index is 1.47. The molecule has 0 bridgehead atoms. The minimum Gasteiger partial charge on any atom is -0.374 e. The normalized spacial score (nSPS) is 24.6. The average molecular weight is 593 g/mol. The zero-order valence-corrected chi connectivity index (χ0v) is 24.9. The van der Waals surface area contributed by atoms with Crippen molar-refractivity contribution in [3.63, 3.8) is 0 Å². The first-order valence-electron chi connectivity index (χ1n) is 15.2. The molecule has 2 aliphatic carbocycles. The van der Waals surface area contributed by atoms with E-state index in [1.807, 2.05) is 19.2 Å². The van der Waals surface area contributed by atoms with Gasteiger partial charge in [0.1, 0.15) is 17.2 Å². The fourth-order valence-corrected chi connectivity index (χ4v) is 7.28. The van der Waals surface area contributed by atoms with Crippen LogP contribution in [0.1, 0.15) is 58.3 Å². The highest BCUT2D eigenvalue weighted by atomic mass is 35.5. The number of aromatic nitrogens is 6. The van der Waals surface area contributed by atoms with Crippen LogP contribution in [0.5, 0.6) is 0 Å². The first-order chi connectivity index (χ1) is 20.5. The van der Waals surface area contributed by atoms with Crippen molar-refractivity contribution < 1.29 is 9.26 Å². The van der Waals surface area contributed by atoms with Gasteiger partial charge in [-0.1, -0.05) is 49.4 Å². The number of nitrogens with one attached hydrogen (secondary N) is 2. The summed E-state index contributed by atoms with van der Waals surface area (Å²) in [6.45, 7) is 4.68. The Morgan fingerprint density at radius 2 is 1.95 bits per heavy atom. The van der Waals surface area contributed by atoms with Gasteiger partial charge in [0.15, 0.2) is 0 Å². The number of anilines is 2. The van der Waals surface area contributed by atoms with Crippen molar-refractivity contribution in [2.24, 2.45) is 11.8 Å². The highest BCUT2D eigenvalue weighted by molar-refractivity contribution is 6.30. The minimum absolute atomic E-state index is 0.220. The third-order valence-electron chi connectivity index (χ3n) is 9.30. The number of aromatic amines is 1. The average Bonchev–Trinajstić information content (AvgIpc) is 3.61. The maximum absolute atomic E-state index is 11.9. The first-order valence-corrected chi connectivity index (χ1v) is 15.6. The number of halogens is 1. The molecule has 0 amide bonds. The number of nitrogens with zero attached hydrogens (tertiary/aromatic N) is 6. The van der Waals surface area contributed by atoms with E-state index in [1.54, 1.807) is 6.20 Å². The van der Waals surface area contributed by atoms with Gasteiger partial charge in [0, 0.05) is 31.9 Å². The molecule has 3 aliphatic rings. The Labute approximate surface area is 249 Å². The van der Waals surface area contributed by atoms with Gasteiger partial charge in [-0.25, -0.2) is 19.7 Å². The molecule has 0 radical (unpaired) electrons. The molecule has 3 fully saturated rings. The maximum Gasteiger partial charge on any atom is 0.439 e. The van der Waals surface area contributed by atoms with Crippen molar-refractivity contribution in [3.05, 3.63) is 33.9 Å². The largest absolute Gasteiger partial charge is 0.439 e. The lowest BCUT2D eigenvalue weighted by Gasteiger charge is -2.44. The molecule has 12 heteroatoms. The number of pyridine rings is 2. The second kappa shape index (κ2) is 11.3. The number of hydrogen-bond acceptors (Lipinski definition) is 9. The van der Waals surface area contributed by atoms with E-state index < -0.39 is 5.76 Å². The van der Waals surface area contributed by atoms with E-state index in [4.69, 9.17) is 30.8 Å². The fourth-order valence-electron chi connectivity index (χ4n) is 7.12. The third-order valence-corrected chi connectivity index (χ3v) is 9.51. The molecule has 7 rings (SSSR count). The number of rotatable bonds is 6. The molecule has 2 N–H and O–H groups in total. The second-order valence-corrected chi connectivity index (χ2v) is 12.5. The second-order valence-electron chi connectivity index (χ2n) is 12.1. The van der Waals surface area contributed by atoms with Gasteiger partial charge in [0.2, 0.25) is 11.8 Å². The molecule has 222 valence electrons. The fraction of sp³-hybridized carbons (Fsp3) is 0.567. The molecule has 1 saturated heterocycles. The SMILES string of the molecule is CNc1ncc(Cl)cc1-c1nc(-c2noc(=O)[nH]2)cc2nc(N3CCO[C@@H]4CCCC[C@H]43)n(CC3CCC(C)CC3)c12. The highest BCUT2D eigenvalue weighted by Gasteiger charge is 2.37. The first kappa shape index (κ1) is 27.4. The predicted octanol–water partition coefficient (Wildman–Crippen LogP) is 5.51. The van der Waals surface area contributed by atoms with Gasteiger partial charge in [-0.2, -0.15) is 0 Å². The molecular weight excluding hydrogens is 556 g/mol. The summed E-state index contributed by atoms with van der Waals surface area (Å²) >= 11 is 6.51. The van der Waals surface area contributed by atoms with Crippen LogP contribution in [0.2, 0.25) is 5.02 Å². The Kier molecular flexibility index (Phi) is 7.39. The molecule has 11 nitrogen and oxygen atoms in total. The number of imidazole rings is 1. The lowest BCUT2D eigenvalue weighted by Crippen LogP contribution is -2.53. The lowest BCUT2D eigenvalue weighted by atomic mass is 9.83. The molecule has 0 spiro atoms. The summed E-state index contributed by atoms with van der Waals surface area (Å²) in [6.07, 6.45) is 11.3. The molecule has 4 aromatic rings. The lowest BCUT2D eigenvalue weighted by molar-refractivity contribution is -0.00958. The van der Waals surface area contributed by atoms with Crippen LogP contribution < -0.4 is 16.0 Å². The third kappa shape index (κ3) is 5.06. The Morgan fingerprint density at radius 1 is 1.12 bits per heavy atom. The molecule has 42 heavy (non-hydrogen) atoms. The van der Waals surface area contributed by atoms with Crippen LogP contribution in [-0.2, 0) is 11.3 Å². The zero-order chi connectivity index (χ0) is 28.8. The molecule has 2 saturated carbocycles. The van der Waals surface area contributed by atoms with E-state index in [9.17, 15) is 4.79 Å². The standard InChI is InChI=1S/C30H37ClN8O3/c1-17-7-9-18(10-8-17)16-39-26-21(35-29(39)38-11-12-41-24-6-4-3-5-23(24)38)14-22(28-36-30(40)42-37-28)34-25(26)20-13-19(31)15-33-27(20)32-2/h13-15,17-18,23-24H,3-12,16H2,1-2H3,(H,32,33)(H,36,37,40)/t17?,18?,23-,24-/m1/s1. The molecular formula is C30H37ClN8O3. The number of ether oxygens (including phenoxy) is 1. The van der Waals surface area contributed by atoms with E-state index in [-0.39, 0.29) is 18.0 Å². The van der Waals surface area contributed by atoms with E-state index in [0.717, 1.165) is 54.4 Å². The summed E-state index contributed by atoms with van der Waals surface area (Å²) in [5.74, 6) is 2.53. The smallest absolute Gasteiger partial charge is 0.374 e. The summed E-state index contributed by atoms with van der Waals surface area (Å²) in [6, 6.07) is 4.06. The van der Waals surface area contributed by atoms with Crippen molar-refractivity contribution in [3.8, 4) is 22.8 Å². The van der Waals surface area contributed by atoms with Crippen molar-refractivity contribution in [1.29, 1.82) is 0 Å². The van der Waals surface area contributed by atoms with Crippen molar-refractivity contribution in [2.45, 2.75) is 77.0 Å². The number of morpholine rings is 1. The molecule has 1 aliphatic heterocycles. The van der Waals surface area contributed by atoms with Crippen LogP contribution in [0.4, 0.5) is 11.8 Å². The van der Waals surface area contributed by atoms with Crippen molar-refractivity contribution in [2.75, 3.05) is 30.4 Å². The van der Waals surface area contributed by atoms with Gasteiger partial charge < -0.3 is 19.5 Å². The van der Waals surface area contributed by atoms with Crippen molar-refractivity contribution >= 4 is 34.4 Å².